The van der Waals surface area contributed by atoms with Crippen molar-refractivity contribution in [3.8, 4) is 5.75 Å². The van der Waals surface area contributed by atoms with Crippen molar-refractivity contribution in [3.05, 3.63) is 23.8 Å². The van der Waals surface area contributed by atoms with Crippen molar-refractivity contribution in [2.24, 2.45) is 17.8 Å². The van der Waals surface area contributed by atoms with Gasteiger partial charge in [0.25, 0.3) is 0 Å². The zero-order chi connectivity index (χ0) is 16.6. The Kier molecular flexibility index (Phi) is 4.39. The Morgan fingerprint density at radius 2 is 2.04 bits per heavy atom. The van der Waals surface area contributed by atoms with E-state index in [-0.39, 0.29) is 30.0 Å². The largest absolute Gasteiger partial charge is 0.494 e. The molecule has 0 aromatic heterocycles. The van der Waals surface area contributed by atoms with Gasteiger partial charge in [-0.05, 0) is 31.1 Å². The van der Waals surface area contributed by atoms with E-state index in [0.29, 0.717) is 11.8 Å². The van der Waals surface area contributed by atoms with Gasteiger partial charge < -0.3 is 20.5 Å². The summed E-state index contributed by atoms with van der Waals surface area (Å²) in [6.07, 6.45) is 3.10. The molecule has 2 fully saturated rings. The lowest BCUT2D eigenvalue weighted by Gasteiger charge is -2.30. The number of urea groups is 1. The molecule has 2 saturated carbocycles. The van der Waals surface area contributed by atoms with Crippen LogP contribution in [0, 0.1) is 29.4 Å². The maximum Gasteiger partial charge on any atom is 0.319 e. The summed E-state index contributed by atoms with van der Waals surface area (Å²) in [4.78, 5) is 12.1. The number of nitrogens with one attached hydrogen (secondary N) is 2. The molecule has 126 valence electrons. The molecule has 4 atom stereocenters. The quantitative estimate of drug-likeness (QED) is 0.796. The molecule has 0 heterocycles. The first kappa shape index (κ1) is 16.0. The van der Waals surface area contributed by atoms with Crippen LogP contribution in [0.1, 0.15) is 19.3 Å². The summed E-state index contributed by atoms with van der Waals surface area (Å²) in [6, 6.07) is 1.06. The molecule has 0 radical (unpaired) electrons. The predicted octanol–water partition coefficient (Wildman–Crippen LogP) is 2.50. The highest BCUT2D eigenvalue weighted by Gasteiger charge is 2.47. The number of rotatable bonds is 4. The van der Waals surface area contributed by atoms with Crippen LogP contribution >= 0.6 is 0 Å². The van der Waals surface area contributed by atoms with Gasteiger partial charge in [0, 0.05) is 30.7 Å². The van der Waals surface area contributed by atoms with Crippen LogP contribution in [-0.2, 0) is 0 Å². The highest BCUT2D eigenvalue weighted by molar-refractivity contribution is 5.89. The van der Waals surface area contributed by atoms with Crippen molar-refractivity contribution >= 4 is 11.7 Å². The maximum absolute atomic E-state index is 13.9. The topological polar surface area (TPSA) is 70.6 Å². The summed E-state index contributed by atoms with van der Waals surface area (Å²) < 4.78 is 32.2. The monoisotopic (exact) mass is 326 g/mol. The van der Waals surface area contributed by atoms with E-state index in [0.717, 1.165) is 31.4 Å². The fourth-order valence-electron chi connectivity index (χ4n) is 3.99. The number of aliphatic hydroxyl groups is 1. The van der Waals surface area contributed by atoms with Crippen LogP contribution in [0.4, 0.5) is 19.3 Å². The van der Waals surface area contributed by atoms with Crippen LogP contribution in [0.3, 0.4) is 0 Å². The molecule has 3 rings (SSSR count). The number of anilines is 1. The van der Waals surface area contributed by atoms with E-state index in [1.54, 1.807) is 0 Å². The minimum Gasteiger partial charge on any atom is -0.494 e. The maximum atomic E-state index is 13.9. The second kappa shape index (κ2) is 6.31. The van der Waals surface area contributed by atoms with Gasteiger partial charge in [-0.2, -0.15) is 0 Å². The zero-order valence-electron chi connectivity index (χ0n) is 12.8. The lowest BCUT2D eigenvalue weighted by Crippen LogP contribution is -2.46. The molecule has 0 spiro atoms. The molecule has 2 amide bonds. The van der Waals surface area contributed by atoms with Gasteiger partial charge in [0.1, 0.15) is 0 Å². The minimum absolute atomic E-state index is 0.0254. The number of halogens is 2. The third-order valence-electron chi connectivity index (χ3n) is 5.09. The lowest BCUT2D eigenvalue weighted by molar-refractivity contribution is 0.146. The van der Waals surface area contributed by atoms with Crippen molar-refractivity contribution in [3.63, 3.8) is 0 Å². The molecule has 5 nitrogen and oxygen atoms in total. The van der Waals surface area contributed by atoms with Gasteiger partial charge in [0.05, 0.1) is 12.8 Å². The number of ether oxygens (including phenoxy) is 1. The van der Waals surface area contributed by atoms with Gasteiger partial charge in [-0.3, -0.25) is 0 Å². The second-order valence-electron chi connectivity index (χ2n) is 6.27. The first-order valence-electron chi connectivity index (χ1n) is 7.75. The molecule has 3 N–H and O–H groups in total. The number of benzene rings is 1. The Balaban J connectivity index is 1.67. The second-order valence-corrected chi connectivity index (χ2v) is 6.27. The summed E-state index contributed by atoms with van der Waals surface area (Å²) in [5, 5.41) is 14.6. The lowest BCUT2D eigenvalue weighted by atomic mass is 9.85. The molecule has 2 aliphatic rings. The predicted molar refractivity (Wildman–Crippen MR) is 80.3 cm³/mol. The number of aliphatic hydroxyl groups excluding tert-OH is 1. The van der Waals surface area contributed by atoms with Gasteiger partial charge in [-0.25, -0.2) is 13.6 Å². The summed E-state index contributed by atoms with van der Waals surface area (Å²) in [6.45, 7) is 0.0254. The minimum atomic E-state index is -0.773. The third-order valence-corrected chi connectivity index (χ3v) is 5.09. The average molecular weight is 326 g/mol. The number of amides is 2. The molecule has 23 heavy (non-hydrogen) atoms. The van der Waals surface area contributed by atoms with Crippen LogP contribution in [-0.4, -0.2) is 30.9 Å². The van der Waals surface area contributed by atoms with Crippen LogP contribution in [0.5, 0.6) is 5.75 Å². The molecule has 0 aliphatic heterocycles. The van der Waals surface area contributed by atoms with Gasteiger partial charge in [0.15, 0.2) is 17.4 Å². The number of hydrogen-bond donors (Lipinski definition) is 3. The highest BCUT2D eigenvalue weighted by atomic mass is 19.1. The van der Waals surface area contributed by atoms with E-state index in [4.69, 9.17) is 0 Å². The number of fused-ring (bicyclic) bond motifs is 2. The number of carbonyl (C=O) groups excluding carboxylic acids is 1. The summed E-state index contributed by atoms with van der Waals surface area (Å²) in [5.74, 6) is -0.924. The Morgan fingerprint density at radius 1 is 1.30 bits per heavy atom. The SMILES string of the molecule is COc1cc(F)c(NC(=O)NC2C3CCC(C3)C2CO)cc1F. The molecule has 2 bridgehead atoms. The van der Waals surface area contributed by atoms with Crippen LogP contribution in [0.15, 0.2) is 12.1 Å². The normalized spacial score (nSPS) is 28.7. The standard InChI is InChI=1S/C16H20F2N2O3/c1-23-14-6-11(17)13(5-12(14)18)19-16(22)20-15-9-3-2-8(4-9)10(15)7-21/h5-6,8-10,15,21H,2-4,7H2,1H3,(H2,19,20,22). The van der Waals surface area contributed by atoms with E-state index < -0.39 is 17.7 Å². The molecular formula is C16H20F2N2O3. The van der Waals surface area contributed by atoms with Crippen LogP contribution < -0.4 is 15.4 Å². The number of methoxy groups -OCH3 is 1. The first-order valence-corrected chi connectivity index (χ1v) is 7.75. The van der Waals surface area contributed by atoms with Crippen molar-refractivity contribution < 1.29 is 23.4 Å². The molecule has 1 aromatic carbocycles. The number of hydrogen-bond acceptors (Lipinski definition) is 3. The Morgan fingerprint density at radius 3 is 2.74 bits per heavy atom. The van der Waals surface area contributed by atoms with E-state index in [2.05, 4.69) is 15.4 Å². The molecule has 2 aliphatic carbocycles. The Labute approximate surface area is 133 Å². The van der Waals surface area contributed by atoms with Crippen molar-refractivity contribution in [1.29, 1.82) is 0 Å². The van der Waals surface area contributed by atoms with E-state index >= 15 is 0 Å². The van der Waals surface area contributed by atoms with Crippen molar-refractivity contribution in [2.45, 2.75) is 25.3 Å². The van der Waals surface area contributed by atoms with Crippen LogP contribution in [0.2, 0.25) is 0 Å². The summed E-state index contributed by atoms with van der Waals surface area (Å²) >= 11 is 0. The zero-order valence-corrected chi connectivity index (χ0v) is 12.8. The van der Waals surface area contributed by atoms with Gasteiger partial charge in [-0.1, -0.05) is 0 Å². The van der Waals surface area contributed by atoms with E-state index in [1.165, 1.54) is 7.11 Å². The molecule has 0 saturated heterocycles. The molecule has 7 heteroatoms. The van der Waals surface area contributed by atoms with Crippen molar-refractivity contribution in [1.82, 2.24) is 5.32 Å². The van der Waals surface area contributed by atoms with E-state index in [9.17, 15) is 18.7 Å². The summed E-state index contributed by atoms with van der Waals surface area (Å²) in [7, 11) is 1.24. The fourth-order valence-corrected chi connectivity index (χ4v) is 3.99. The smallest absolute Gasteiger partial charge is 0.319 e. The van der Waals surface area contributed by atoms with Gasteiger partial charge in [0.2, 0.25) is 0 Å². The van der Waals surface area contributed by atoms with Crippen LogP contribution in [0.25, 0.3) is 0 Å². The first-order chi connectivity index (χ1) is 11.0. The highest BCUT2D eigenvalue weighted by Crippen LogP contribution is 2.48. The van der Waals surface area contributed by atoms with Crippen molar-refractivity contribution in [2.75, 3.05) is 19.0 Å². The Hall–Kier alpha value is -1.89. The van der Waals surface area contributed by atoms with E-state index in [1.807, 2.05) is 0 Å². The summed E-state index contributed by atoms with van der Waals surface area (Å²) in [5.41, 5.74) is -0.246. The average Bonchev–Trinajstić information content (AvgIpc) is 3.11. The third kappa shape index (κ3) is 2.97. The molecular weight excluding hydrogens is 306 g/mol. The fraction of sp³-hybridized carbons (Fsp3) is 0.562. The molecule has 4 unspecified atom stereocenters. The Bertz CT molecular complexity index is 611. The van der Waals surface area contributed by atoms with Gasteiger partial charge >= 0.3 is 6.03 Å². The molecule has 1 aromatic rings. The van der Waals surface area contributed by atoms with Gasteiger partial charge in [-0.15, -0.1) is 0 Å². The number of carbonyl (C=O) groups is 1.